The molecule has 0 spiro atoms. The monoisotopic (exact) mass is 325 g/mol. The normalized spacial score (nSPS) is 18.2. The fourth-order valence-corrected chi connectivity index (χ4v) is 3.32. The molecule has 0 N–H and O–H groups in total. The topological polar surface area (TPSA) is 77.0 Å². The van der Waals surface area contributed by atoms with Crippen molar-refractivity contribution in [3.05, 3.63) is 41.9 Å². The van der Waals surface area contributed by atoms with Gasteiger partial charge in [-0.15, -0.1) is 0 Å². The Morgan fingerprint density at radius 2 is 2.25 bits per heavy atom. The first-order chi connectivity index (χ1) is 11.6. The maximum absolute atomic E-state index is 12.6. The van der Waals surface area contributed by atoms with Gasteiger partial charge in [-0.3, -0.25) is 9.48 Å². The number of likely N-dealkylation sites (tertiary alicyclic amines) is 1. The standard InChI is InChI=1S/C17H19N5O2/c1-11-15(24-10-18-11)17(23)22-7-3-4-13(9-22)14-6-5-12-8-19-21(2)16(12)20-14/h5-6,8,10,13H,3-4,7,9H2,1-2H3/t13-/m1/s1. The van der Waals surface area contributed by atoms with Crippen molar-refractivity contribution in [2.45, 2.75) is 25.7 Å². The van der Waals surface area contributed by atoms with Gasteiger partial charge in [-0.05, 0) is 31.9 Å². The van der Waals surface area contributed by atoms with Crippen LogP contribution in [0.1, 0.15) is 40.7 Å². The number of carbonyl (C=O) groups excluding carboxylic acids is 1. The van der Waals surface area contributed by atoms with Crippen molar-refractivity contribution < 1.29 is 9.21 Å². The molecule has 0 bridgehead atoms. The number of rotatable bonds is 2. The molecule has 3 aromatic heterocycles. The Labute approximate surface area is 139 Å². The molecule has 4 rings (SSSR count). The van der Waals surface area contributed by atoms with Gasteiger partial charge in [-0.2, -0.15) is 5.10 Å². The van der Waals surface area contributed by atoms with Gasteiger partial charge in [-0.1, -0.05) is 0 Å². The lowest BCUT2D eigenvalue weighted by Gasteiger charge is -2.32. The number of piperidine rings is 1. The quantitative estimate of drug-likeness (QED) is 0.722. The van der Waals surface area contributed by atoms with Crippen molar-refractivity contribution in [3.63, 3.8) is 0 Å². The molecule has 124 valence electrons. The zero-order valence-electron chi connectivity index (χ0n) is 13.8. The molecule has 7 nitrogen and oxygen atoms in total. The maximum atomic E-state index is 12.6. The second-order valence-corrected chi connectivity index (χ2v) is 6.27. The largest absolute Gasteiger partial charge is 0.438 e. The molecule has 0 radical (unpaired) electrons. The van der Waals surface area contributed by atoms with Crippen LogP contribution in [0.3, 0.4) is 0 Å². The Hall–Kier alpha value is -2.70. The minimum atomic E-state index is -0.0867. The molecule has 1 aliphatic heterocycles. The van der Waals surface area contributed by atoms with Crippen molar-refractivity contribution >= 4 is 16.9 Å². The summed E-state index contributed by atoms with van der Waals surface area (Å²) >= 11 is 0. The molecule has 1 atom stereocenters. The number of pyridine rings is 1. The summed E-state index contributed by atoms with van der Waals surface area (Å²) in [7, 11) is 1.89. The second-order valence-electron chi connectivity index (χ2n) is 6.27. The molecule has 7 heteroatoms. The Balaban J connectivity index is 1.58. The van der Waals surface area contributed by atoms with Crippen molar-refractivity contribution in [2.24, 2.45) is 7.05 Å². The number of carbonyl (C=O) groups is 1. The first-order valence-corrected chi connectivity index (χ1v) is 8.11. The van der Waals surface area contributed by atoms with E-state index in [0.717, 1.165) is 36.1 Å². The summed E-state index contributed by atoms with van der Waals surface area (Å²) in [5.41, 5.74) is 2.52. The molecule has 0 saturated carbocycles. The van der Waals surface area contributed by atoms with Crippen LogP contribution in [0.25, 0.3) is 11.0 Å². The summed E-state index contributed by atoms with van der Waals surface area (Å²) < 4.78 is 7.03. The van der Waals surface area contributed by atoms with Crippen LogP contribution in [0.2, 0.25) is 0 Å². The number of nitrogens with zero attached hydrogens (tertiary/aromatic N) is 5. The molecule has 1 aliphatic rings. The summed E-state index contributed by atoms with van der Waals surface area (Å²) in [5, 5.41) is 5.27. The average molecular weight is 325 g/mol. The van der Waals surface area contributed by atoms with Gasteiger partial charge in [0.15, 0.2) is 12.0 Å². The van der Waals surface area contributed by atoms with Crippen LogP contribution in [0.15, 0.2) is 29.1 Å². The Kier molecular flexibility index (Phi) is 3.55. The first-order valence-electron chi connectivity index (χ1n) is 8.11. The zero-order chi connectivity index (χ0) is 16.7. The smallest absolute Gasteiger partial charge is 0.291 e. The van der Waals surface area contributed by atoms with E-state index in [0.29, 0.717) is 18.0 Å². The lowest BCUT2D eigenvalue weighted by molar-refractivity contribution is 0.0672. The lowest BCUT2D eigenvalue weighted by Crippen LogP contribution is -2.39. The number of aromatic nitrogens is 4. The molecule has 0 unspecified atom stereocenters. The van der Waals surface area contributed by atoms with Gasteiger partial charge in [0.25, 0.3) is 5.91 Å². The summed E-state index contributed by atoms with van der Waals surface area (Å²) in [4.78, 5) is 23.3. The number of amides is 1. The Morgan fingerprint density at radius 3 is 3.04 bits per heavy atom. The molecule has 3 aromatic rings. The molecular weight excluding hydrogens is 306 g/mol. The van der Waals surface area contributed by atoms with Gasteiger partial charge in [0.2, 0.25) is 5.76 Å². The Bertz CT molecular complexity index is 897. The van der Waals surface area contributed by atoms with Crippen molar-refractivity contribution in [2.75, 3.05) is 13.1 Å². The molecule has 0 aliphatic carbocycles. The van der Waals surface area contributed by atoms with Gasteiger partial charge in [0, 0.05) is 37.1 Å². The van der Waals surface area contributed by atoms with E-state index in [9.17, 15) is 4.79 Å². The maximum Gasteiger partial charge on any atom is 0.291 e. The number of aryl methyl sites for hydroxylation is 2. The molecular formula is C17H19N5O2. The van der Waals surface area contributed by atoms with Crippen LogP contribution in [-0.2, 0) is 7.05 Å². The summed E-state index contributed by atoms with van der Waals surface area (Å²) in [6, 6.07) is 4.09. The Morgan fingerprint density at radius 1 is 1.38 bits per heavy atom. The van der Waals surface area contributed by atoms with E-state index in [2.05, 4.69) is 10.1 Å². The summed E-state index contributed by atoms with van der Waals surface area (Å²) in [5.74, 6) is 0.479. The van der Waals surface area contributed by atoms with Crippen LogP contribution in [0, 0.1) is 6.92 Å². The third-order valence-corrected chi connectivity index (χ3v) is 4.67. The van der Waals surface area contributed by atoms with E-state index >= 15 is 0 Å². The van der Waals surface area contributed by atoms with E-state index in [1.54, 1.807) is 11.6 Å². The molecule has 0 aromatic carbocycles. The molecule has 24 heavy (non-hydrogen) atoms. The molecule has 4 heterocycles. The van der Waals surface area contributed by atoms with Gasteiger partial charge in [-0.25, -0.2) is 9.97 Å². The number of oxazole rings is 1. The van der Waals surface area contributed by atoms with E-state index in [1.165, 1.54) is 6.39 Å². The van der Waals surface area contributed by atoms with Crippen LogP contribution in [0.5, 0.6) is 0 Å². The zero-order valence-corrected chi connectivity index (χ0v) is 13.8. The van der Waals surface area contributed by atoms with E-state index in [4.69, 9.17) is 9.40 Å². The molecule has 1 amide bonds. The highest BCUT2D eigenvalue weighted by atomic mass is 16.3. The highest BCUT2D eigenvalue weighted by molar-refractivity contribution is 5.92. The summed E-state index contributed by atoms with van der Waals surface area (Å²) in [6.45, 7) is 3.18. The van der Waals surface area contributed by atoms with E-state index < -0.39 is 0 Å². The average Bonchev–Trinajstić information content (AvgIpc) is 3.20. The predicted molar refractivity (Wildman–Crippen MR) is 87.6 cm³/mol. The fourth-order valence-electron chi connectivity index (χ4n) is 3.32. The van der Waals surface area contributed by atoms with Crippen LogP contribution < -0.4 is 0 Å². The van der Waals surface area contributed by atoms with Crippen LogP contribution in [0.4, 0.5) is 0 Å². The third kappa shape index (κ3) is 2.46. The van der Waals surface area contributed by atoms with Gasteiger partial charge in [0.05, 0.1) is 11.9 Å². The highest BCUT2D eigenvalue weighted by Gasteiger charge is 2.29. The van der Waals surface area contributed by atoms with Crippen molar-refractivity contribution in [1.82, 2.24) is 24.6 Å². The number of fused-ring (bicyclic) bond motifs is 1. The van der Waals surface area contributed by atoms with Gasteiger partial charge in [0.1, 0.15) is 0 Å². The second kappa shape index (κ2) is 5.74. The SMILES string of the molecule is Cc1ncoc1C(=O)N1CCC[C@@H](c2ccc3cnn(C)c3n2)C1. The van der Waals surface area contributed by atoms with Gasteiger partial charge < -0.3 is 9.32 Å². The van der Waals surface area contributed by atoms with Crippen molar-refractivity contribution in [1.29, 1.82) is 0 Å². The minimum absolute atomic E-state index is 0.0867. The van der Waals surface area contributed by atoms with E-state index in [1.807, 2.05) is 30.3 Å². The first kappa shape index (κ1) is 14.9. The fraction of sp³-hybridized carbons (Fsp3) is 0.412. The third-order valence-electron chi connectivity index (χ3n) is 4.67. The van der Waals surface area contributed by atoms with E-state index in [-0.39, 0.29) is 11.8 Å². The molecule has 1 saturated heterocycles. The summed E-state index contributed by atoms with van der Waals surface area (Å²) in [6.07, 6.45) is 5.11. The highest BCUT2D eigenvalue weighted by Crippen LogP contribution is 2.28. The number of hydrogen-bond acceptors (Lipinski definition) is 5. The lowest BCUT2D eigenvalue weighted by atomic mass is 9.94. The molecule has 1 fully saturated rings. The van der Waals surface area contributed by atoms with Gasteiger partial charge >= 0.3 is 0 Å². The number of hydrogen-bond donors (Lipinski definition) is 0. The predicted octanol–water partition coefficient (Wildman–Crippen LogP) is 2.28. The van der Waals surface area contributed by atoms with Crippen LogP contribution in [-0.4, -0.2) is 43.6 Å². The van der Waals surface area contributed by atoms with Crippen LogP contribution >= 0.6 is 0 Å². The van der Waals surface area contributed by atoms with Crippen molar-refractivity contribution in [3.8, 4) is 0 Å². The minimum Gasteiger partial charge on any atom is -0.438 e.